The van der Waals surface area contributed by atoms with Crippen molar-refractivity contribution in [3.63, 3.8) is 0 Å². The Hall–Kier alpha value is -0.350. The van der Waals surface area contributed by atoms with Crippen molar-refractivity contribution in [3.8, 4) is 0 Å². The third-order valence-electron chi connectivity index (χ3n) is 3.91. The molecule has 1 N–H and O–H groups in total. The first-order chi connectivity index (χ1) is 8.54. The van der Waals surface area contributed by atoms with Crippen molar-refractivity contribution < 1.29 is 4.79 Å². The van der Waals surface area contributed by atoms with E-state index in [4.69, 9.17) is 0 Å². The molecule has 1 aliphatic carbocycles. The minimum absolute atomic E-state index is 0.0109. The number of hydrogen-bond donors (Lipinski definition) is 1. The number of halogens is 2. The fourth-order valence-electron chi connectivity index (χ4n) is 2.39. The van der Waals surface area contributed by atoms with E-state index in [0.717, 1.165) is 21.9 Å². The smallest absolute Gasteiger partial charge is 0.251 e. The van der Waals surface area contributed by atoms with Gasteiger partial charge >= 0.3 is 0 Å². The zero-order valence-electron chi connectivity index (χ0n) is 10.4. The van der Waals surface area contributed by atoms with Crippen LogP contribution in [-0.4, -0.2) is 12.5 Å². The van der Waals surface area contributed by atoms with Gasteiger partial charge in [0.15, 0.2) is 0 Å². The normalized spacial score (nSPS) is 17.1. The van der Waals surface area contributed by atoms with E-state index in [1.165, 1.54) is 19.3 Å². The van der Waals surface area contributed by atoms with Crippen LogP contribution in [0.15, 0.2) is 27.1 Å². The molecule has 0 bridgehead atoms. The molecule has 0 spiro atoms. The molecule has 0 aliphatic heterocycles. The van der Waals surface area contributed by atoms with Gasteiger partial charge in [0.25, 0.3) is 5.91 Å². The van der Waals surface area contributed by atoms with Crippen LogP contribution in [0.1, 0.15) is 43.0 Å². The lowest BCUT2D eigenvalue weighted by atomic mass is 9.67. The second-order valence-electron chi connectivity index (χ2n) is 5.05. The molecule has 98 valence electrons. The van der Waals surface area contributed by atoms with Crippen molar-refractivity contribution in [2.75, 3.05) is 6.54 Å². The predicted octanol–water partition coefficient (Wildman–Crippen LogP) is 4.52. The highest BCUT2D eigenvalue weighted by Crippen LogP contribution is 2.43. The van der Waals surface area contributed by atoms with Crippen LogP contribution in [0.3, 0.4) is 0 Å². The van der Waals surface area contributed by atoms with Gasteiger partial charge in [-0.1, -0.05) is 45.2 Å². The van der Waals surface area contributed by atoms with E-state index < -0.39 is 0 Å². The Kier molecular flexibility index (Phi) is 4.49. The highest BCUT2D eigenvalue weighted by Gasteiger charge is 2.35. The third kappa shape index (κ3) is 3.15. The van der Waals surface area contributed by atoms with Crippen molar-refractivity contribution in [1.29, 1.82) is 0 Å². The molecule has 2 nitrogen and oxygen atoms in total. The Morgan fingerprint density at radius 1 is 1.28 bits per heavy atom. The largest absolute Gasteiger partial charge is 0.351 e. The van der Waals surface area contributed by atoms with Crippen LogP contribution in [0.2, 0.25) is 0 Å². The zero-order valence-corrected chi connectivity index (χ0v) is 13.6. The molecule has 1 aliphatic rings. The summed E-state index contributed by atoms with van der Waals surface area (Å²) in [6, 6.07) is 5.62. The van der Waals surface area contributed by atoms with E-state index in [9.17, 15) is 4.79 Å². The van der Waals surface area contributed by atoms with Crippen LogP contribution < -0.4 is 5.32 Å². The van der Waals surface area contributed by atoms with Crippen LogP contribution in [0, 0.1) is 5.41 Å². The van der Waals surface area contributed by atoms with Crippen LogP contribution in [0.25, 0.3) is 0 Å². The van der Waals surface area contributed by atoms with E-state index in [0.29, 0.717) is 11.0 Å². The van der Waals surface area contributed by atoms with Gasteiger partial charge in [0.1, 0.15) is 0 Å². The van der Waals surface area contributed by atoms with Crippen molar-refractivity contribution in [3.05, 3.63) is 32.7 Å². The van der Waals surface area contributed by atoms with Gasteiger partial charge in [0.05, 0.1) is 0 Å². The van der Waals surface area contributed by atoms with Crippen LogP contribution in [0.5, 0.6) is 0 Å². The highest BCUT2D eigenvalue weighted by atomic mass is 79.9. The van der Waals surface area contributed by atoms with Crippen LogP contribution in [0.4, 0.5) is 0 Å². The number of nitrogens with one attached hydrogen (secondary N) is 1. The summed E-state index contributed by atoms with van der Waals surface area (Å²) >= 11 is 6.80. The fraction of sp³-hybridized carbons (Fsp3) is 0.500. The summed E-state index contributed by atoms with van der Waals surface area (Å²) in [4.78, 5) is 12.1. The molecule has 1 aromatic rings. The van der Waals surface area contributed by atoms with Crippen molar-refractivity contribution in [1.82, 2.24) is 5.32 Å². The molecule has 0 unspecified atom stereocenters. The summed E-state index contributed by atoms with van der Waals surface area (Å²) in [6.07, 6.45) is 4.93. The van der Waals surface area contributed by atoms with Gasteiger partial charge in [-0.05, 0) is 42.9 Å². The Balaban J connectivity index is 1.99. The van der Waals surface area contributed by atoms with Crippen molar-refractivity contribution in [2.24, 2.45) is 5.41 Å². The molecule has 2 rings (SSSR count). The van der Waals surface area contributed by atoms with Gasteiger partial charge in [-0.2, -0.15) is 0 Å². The minimum Gasteiger partial charge on any atom is -0.351 e. The number of carbonyl (C=O) groups excluding carboxylic acids is 1. The molecule has 0 saturated heterocycles. The monoisotopic (exact) mass is 373 g/mol. The van der Waals surface area contributed by atoms with Gasteiger partial charge in [0, 0.05) is 21.1 Å². The summed E-state index contributed by atoms with van der Waals surface area (Å²) in [6.45, 7) is 3.01. The Bertz CT molecular complexity index is 429. The maximum Gasteiger partial charge on any atom is 0.251 e. The first-order valence-electron chi connectivity index (χ1n) is 6.29. The molecule has 0 radical (unpaired) electrons. The van der Waals surface area contributed by atoms with Crippen LogP contribution >= 0.6 is 31.9 Å². The van der Waals surface area contributed by atoms with E-state index in [-0.39, 0.29) is 5.91 Å². The lowest BCUT2D eigenvalue weighted by Crippen LogP contribution is -2.41. The summed E-state index contributed by atoms with van der Waals surface area (Å²) < 4.78 is 1.83. The molecular weight excluding hydrogens is 358 g/mol. The maximum atomic E-state index is 12.1. The SMILES string of the molecule is CCC1(CNC(=O)c2cc(Br)cc(Br)c2)CCC1. The molecule has 1 fully saturated rings. The number of hydrogen-bond acceptors (Lipinski definition) is 1. The van der Waals surface area contributed by atoms with E-state index in [1.807, 2.05) is 18.2 Å². The van der Waals surface area contributed by atoms with Crippen LogP contribution in [-0.2, 0) is 0 Å². The number of carbonyl (C=O) groups is 1. The topological polar surface area (TPSA) is 29.1 Å². The van der Waals surface area contributed by atoms with Crippen molar-refractivity contribution in [2.45, 2.75) is 32.6 Å². The molecular formula is C14H17Br2NO. The summed E-state index contributed by atoms with van der Waals surface area (Å²) in [5, 5.41) is 3.07. The Morgan fingerprint density at radius 3 is 2.33 bits per heavy atom. The first kappa shape index (κ1) is 14.1. The molecule has 0 aromatic heterocycles. The summed E-state index contributed by atoms with van der Waals surface area (Å²) in [7, 11) is 0. The number of benzene rings is 1. The van der Waals surface area contributed by atoms with Gasteiger partial charge < -0.3 is 5.32 Å². The fourth-order valence-corrected chi connectivity index (χ4v) is 3.68. The lowest BCUT2D eigenvalue weighted by Gasteiger charge is -2.41. The van der Waals surface area contributed by atoms with E-state index >= 15 is 0 Å². The summed E-state index contributed by atoms with van der Waals surface area (Å²) in [5.41, 5.74) is 1.06. The van der Waals surface area contributed by atoms with Gasteiger partial charge in [-0.15, -0.1) is 0 Å². The molecule has 0 atom stereocenters. The van der Waals surface area contributed by atoms with E-state index in [1.54, 1.807) is 0 Å². The molecule has 1 saturated carbocycles. The molecule has 18 heavy (non-hydrogen) atoms. The van der Waals surface area contributed by atoms with Gasteiger partial charge in [-0.25, -0.2) is 0 Å². The molecule has 1 aromatic carbocycles. The van der Waals surface area contributed by atoms with Gasteiger partial charge in [0.2, 0.25) is 0 Å². The minimum atomic E-state index is 0.0109. The average molecular weight is 375 g/mol. The lowest BCUT2D eigenvalue weighted by molar-refractivity contribution is 0.0850. The molecule has 1 amide bonds. The zero-order chi connectivity index (χ0) is 13.2. The third-order valence-corrected chi connectivity index (χ3v) is 4.83. The molecule has 4 heteroatoms. The molecule has 0 heterocycles. The summed E-state index contributed by atoms with van der Waals surface area (Å²) in [5.74, 6) is 0.0109. The second kappa shape index (κ2) is 5.74. The number of amides is 1. The maximum absolute atomic E-state index is 12.1. The standard InChI is InChI=1S/C14H17Br2NO/c1-2-14(4-3-5-14)9-17-13(18)10-6-11(15)8-12(16)7-10/h6-8H,2-5,9H2,1H3,(H,17,18). The van der Waals surface area contributed by atoms with Gasteiger partial charge in [-0.3, -0.25) is 4.79 Å². The predicted molar refractivity (Wildman–Crippen MR) is 80.8 cm³/mol. The highest BCUT2D eigenvalue weighted by molar-refractivity contribution is 9.11. The average Bonchev–Trinajstić information content (AvgIpc) is 2.26. The Morgan fingerprint density at radius 2 is 1.89 bits per heavy atom. The number of rotatable bonds is 4. The Labute approximate surface area is 125 Å². The van der Waals surface area contributed by atoms with E-state index in [2.05, 4.69) is 44.1 Å². The quantitative estimate of drug-likeness (QED) is 0.824. The second-order valence-corrected chi connectivity index (χ2v) is 6.88. The van der Waals surface area contributed by atoms with Crippen molar-refractivity contribution >= 4 is 37.8 Å². The first-order valence-corrected chi connectivity index (χ1v) is 7.88.